The van der Waals surface area contributed by atoms with Gasteiger partial charge in [0.2, 0.25) is 0 Å². The van der Waals surface area contributed by atoms with Crippen LogP contribution in [0.4, 0.5) is 13.2 Å². The van der Waals surface area contributed by atoms with Crippen LogP contribution in [0.25, 0.3) is 16.6 Å². The van der Waals surface area contributed by atoms with Crippen molar-refractivity contribution in [3.63, 3.8) is 0 Å². The Morgan fingerprint density at radius 1 is 1.11 bits per heavy atom. The fourth-order valence-electron chi connectivity index (χ4n) is 7.34. The predicted molar refractivity (Wildman–Crippen MR) is 169 cm³/mol. The Hall–Kier alpha value is -4.28. The third-order valence-corrected chi connectivity index (χ3v) is 9.58. The zero-order chi connectivity index (χ0) is 33.1. The van der Waals surface area contributed by atoms with Crippen LogP contribution in [-0.2, 0) is 19.4 Å². The number of nitriles is 1. The van der Waals surface area contributed by atoms with Crippen LogP contribution < -0.4 is 14.8 Å². The van der Waals surface area contributed by atoms with Crippen molar-refractivity contribution in [2.75, 3.05) is 26.2 Å². The Morgan fingerprint density at radius 2 is 1.91 bits per heavy atom. The number of aliphatic hydroxyl groups excluding tert-OH is 1. The van der Waals surface area contributed by atoms with Gasteiger partial charge in [0.15, 0.2) is 29.3 Å². The van der Waals surface area contributed by atoms with Gasteiger partial charge in [-0.1, -0.05) is 6.92 Å². The maximum absolute atomic E-state index is 13.6. The van der Waals surface area contributed by atoms with E-state index in [1.165, 1.54) is 34.2 Å². The number of halogens is 3. The number of hydrogen-bond acceptors (Lipinski definition) is 8. The zero-order valence-corrected chi connectivity index (χ0v) is 26.6. The van der Waals surface area contributed by atoms with Crippen LogP contribution in [-0.4, -0.2) is 68.1 Å². The summed E-state index contributed by atoms with van der Waals surface area (Å²) in [6.07, 6.45) is 11.1. The molecule has 1 saturated carbocycles. The summed E-state index contributed by atoms with van der Waals surface area (Å²) in [6.45, 7) is 4.50. The lowest BCUT2D eigenvalue weighted by atomic mass is 9.85. The Kier molecular flexibility index (Phi) is 9.89. The number of hydrogen-bond donors (Lipinski definition) is 2. The molecule has 2 N–H and O–H groups in total. The van der Waals surface area contributed by atoms with E-state index in [0.717, 1.165) is 87.6 Å². The molecular formula is C34H40F3N7O3. The van der Waals surface area contributed by atoms with E-state index in [2.05, 4.69) is 44.9 Å². The first-order valence-corrected chi connectivity index (χ1v) is 16.2. The summed E-state index contributed by atoms with van der Waals surface area (Å²) in [5.41, 5.74) is 5.88. The minimum absolute atomic E-state index is 0.166. The zero-order valence-electron chi connectivity index (χ0n) is 26.6. The standard InChI is InChI=1S/C34H40F3N7O3/c1-3-27-32(21(2)28-10-11-42(12-13-43(27)28)17-22-4-7-25(8-5-22)40-20-38)23-14-29(33-30(47-34(36)37)16-41-44(33)18-23)46-31(19-45)26-9-6-24(35)15-39-26/h6,9,14-16,18,22,25,31,34,40,45H,3-5,7-8,10-13,17,19H2,1-2H3/t22?,25?,31-/m0/s1. The van der Waals surface area contributed by atoms with Crippen molar-refractivity contribution in [1.29, 1.82) is 5.26 Å². The molecule has 5 heterocycles. The molecule has 0 amide bonds. The van der Waals surface area contributed by atoms with Crippen molar-refractivity contribution in [3.05, 3.63) is 65.3 Å². The van der Waals surface area contributed by atoms with Crippen molar-refractivity contribution in [1.82, 2.24) is 29.4 Å². The maximum atomic E-state index is 13.6. The van der Waals surface area contributed by atoms with Crippen LogP contribution in [0.15, 0.2) is 36.8 Å². The first-order valence-electron chi connectivity index (χ1n) is 16.2. The average molecular weight is 652 g/mol. The van der Waals surface area contributed by atoms with Gasteiger partial charge in [0, 0.05) is 67.4 Å². The first kappa shape index (κ1) is 32.7. The monoisotopic (exact) mass is 651 g/mol. The Labute approximate surface area is 271 Å². The van der Waals surface area contributed by atoms with E-state index in [4.69, 9.17) is 14.7 Å². The van der Waals surface area contributed by atoms with Gasteiger partial charge in [-0.25, -0.2) is 8.91 Å². The molecular weight excluding hydrogens is 611 g/mol. The van der Waals surface area contributed by atoms with E-state index >= 15 is 0 Å². The Morgan fingerprint density at radius 3 is 2.60 bits per heavy atom. The number of nitrogens with zero attached hydrogens (tertiary/aromatic N) is 6. The lowest BCUT2D eigenvalue weighted by Crippen LogP contribution is -2.36. The molecule has 0 radical (unpaired) electrons. The molecule has 4 aromatic heterocycles. The highest BCUT2D eigenvalue weighted by Crippen LogP contribution is 2.40. The third-order valence-electron chi connectivity index (χ3n) is 9.58. The highest BCUT2D eigenvalue weighted by molar-refractivity contribution is 5.78. The molecule has 0 saturated heterocycles. The van der Waals surface area contributed by atoms with E-state index in [1.807, 2.05) is 0 Å². The van der Waals surface area contributed by atoms with Gasteiger partial charge in [-0.2, -0.15) is 19.1 Å². The molecule has 0 unspecified atom stereocenters. The topological polar surface area (TPSA) is 113 Å². The van der Waals surface area contributed by atoms with Gasteiger partial charge in [0.25, 0.3) is 0 Å². The quantitative estimate of drug-likeness (QED) is 0.164. The number of ether oxygens (including phenoxy) is 2. The highest BCUT2D eigenvalue weighted by Gasteiger charge is 2.28. The van der Waals surface area contributed by atoms with Crippen LogP contribution in [0.5, 0.6) is 11.5 Å². The molecule has 1 aliphatic carbocycles. The number of nitrogens with one attached hydrogen (secondary N) is 1. The number of rotatable bonds is 11. The molecule has 1 aliphatic heterocycles. The Balaban J connectivity index is 1.31. The molecule has 250 valence electrons. The third kappa shape index (κ3) is 6.89. The number of alkyl halides is 2. The molecule has 1 fully saturated rings. The van der Waals surface area contributed by atoms with Crippen molar-refractivity contribution in [2.24, 2.45) is 5.92 Å². The fraction of sp³-hybridized carbons (Fsp3) is 0.500. The fourth-order valence-corrected chi connectivity index (χ4v) is 7.34. The highest BCUT2D eigenvalue weighted by atomic mass is 19.3. The normalized spacial score (nSPS) is 19.3. The van der Waals surface area contributed by atoms with Gasteiger partial charge in [0.1, 0.15) is 5.82 Å². The predicted octanol–water partition coefficient (Wildman–Crippen LogP) is 5.41. The van der Waals surface area contributed by atoms with E-state index < -0.39 is 25.1 Å². The molecule has 47 heavy (non-hydrogen) atoms. The summed E-state index contributed by atoms with van der Waals surface area (Å²) in [5, 5.41) is 26.4. The summed E-state index contributed by atoms with van der Waals surface area (Å²) >= 11 is 0. The smallest absolute Gasteiger partial charge is 0.387 e. The molecule has 10 nitrogen and oxygen atoms in total. The van der Waals surface area contributed by atoms with Gasteiger partial charge in [-0.3, -0.25) is 4.98 Å². The molecule has 6 rings (SSSR count). The van der Waals surface area contributed by atoms with Crippen LogP contribution in [0.1, 0.15) is 61.4 Å². The van der Waals surface area contributed by atoms with Gasteiger partial charge >= 0.3 is 6.61 Å². The molecule has 0 aromatic carbocycles. The van der Waals surface area contributed by atoms with Gasteiger partial charge in [-0.05, 0) is 68.7 Å². The van der Waals surface area contributed by atoms with Crippen LogP contribution in [0.2, 0.25) is 0 Å². The molecule has 0 bridgehead atoms. The van der Waals surface area contributed by atoms with Crippen molar-refractivity contribution in [3.8, 4) is 28.8 Å². The number of fused-ring (bicyclic) bond motifs is 2. The summed E-state index contributed by atoms with van der Waals surface area (Å²) in [7, 11) is 0. The SMILES string of the molecule is CCc1c(-c2cc(O[C@@H](CO)c3ccc(F)cn3)c3c(OC(F)F)cnn3c2)c(C)c2n1CCN(CC1CCC(NC#N)CC1)CC2. The van der Waals surface area contributed by atoms with E-state index in [1.54, 1.807) is 12.3 Å². The lowest BCUT2D eigenvalue weighted by Gasteiger charge is -2.31. The van der Waals surface area contributed by atoms with E-state index in [-0.39, 0.29) is 22.7 Å². The van der Waals surface area contributed by atoms with Crippen molar-refractivity contribution in [2.45, 2.75) is 77.7 Å². The van der Waals surface area contributed by atoms with Crippen LogP contribution in [0.3, 0.4) is 0 Å². The number of aliphatic hydroxyl groups is 1. The van der Waals surface area contributed by atoms with Gasteiger partial charge < -0.3 is 29.4 Å². The minimum Gasteiger partial charge on any atom is -0.479 e. The molecule has 4 aromatic rings. The maximum Gasteiger partial charge on any atom is 0.387 e. The summed E-state index contributed by atoms with van der Waals surface area (Å²) < 4.78 is 55.2. The van der Waals surface area contributed by atoms with E-state index in [0.29, 0.717) is 12.0 Å². The van der Waals surface area contributed by atoms with Crippen LogP contribution >= 0.6 is 0 Å². The molecule has 1 atom stereocenters. The summed E-state index contributed by atoms with van der Waals surface area (Å²) in [6, 6.07) is 4.70. The van der Waals surface area contributed by atoms with E-state index in [9.17, 15) is 18.3 Å². The average Bonchev–Trinajstić information content (AvgIpc) is 3.50. The molecule has 0 spiro atoms. The summed E-state index contributed by atoms with van der Waals surface area (Å²) in [5.74, 6) is 0.112. The summed E-state index contributed by atoms with van der Waals surface area (Å²) in [4.78, 5) is 6.63. The second kappa shape index (κ2) is 14.2. The molecule has 13 heteroatoms. The second-order valence-electron chi connectivity index (χ2n) is 12.4. The van der Waals surface area contributed by atoms with Gasteiger partial charge in [-0.15, -0.1) is 0 Å². The number of pyridine rings is 2. The first-order chi connectivity index (χ1) is 22.8. The Bertz CT molecular complexity index is 1730. The minimum atomic E-state index is -3.07. The molecule has 2 aliphatic rings. The van der Waals surface area contributed by atoms with Crippen LogP contribution in [0, 0.1) is 30.1 Å². The van der Waals surface area contributed by atoms with Crippen molar-refractivity contribution >= 4 is 5.52 Å². The van der Waals surface area contributed by atoms with Gasteiger partial charge in [0.05, 0.1) is 24.7 Å². The largest absolute Gasteiger partial charge is 0.479 e. The lowest BCUT2D eigenvalue weighted by molar-refractivity contribution is -0.0489. The number of aromatic nitrogens is 4. The second-order valence-corrected chi connectivity index (χ2v) is 12.4. The van der Waals surface area contributed by atoms with Crippen molar-refractivity contribution < 1.29 is 27.8 Å².